The van der Waals surface area contributed by atoms with E-state index >= 15 is 0 Å². The number of hydrogen-bond acceptors (Lipinski definition) is 4. The van der Waals surface area contributed by atoms with Crippen LogP contribution in [0.4, 0.5) is 0 Å². The highest BCUT2D eigenvalue weighted by Gasteiger charge is 2.22. The number of aromatic amines is 3. The number of benzene rings is 2. The van der Waals surface area contributed by atoms with Gasteiger partial charge in [0.2, 0.25) is 0 Å². The zero-order valence-electron chi connectivity index (χ0n) is 15.4. The van der Waals surface area contributed by atoms with E-state index in [2.05, 4.69) is 25.3 Å². The molecular formula is C20H19N5O3. The molecule has 2 heterocycles. The third kappa shape index (κ3) is 3.20. The van der Waals surface area contributed by atoms with Gasteiger partial charge in [-0.15, -0.1) is 0 Å². The van der Waals surface area contributed by atoms with Crippen molar-refractivity contribution >= 4 is 28.0 Å². The number of amides is 1. The van der Waals surface area contributed by atoms with E-state index < -0.39 is 11.1 Å². The van der Waals surface area contributed by atoms with Crippen molar-refractivity contribution in [1.82, 2.24) is 25.3 Å². The monoisotopic (exact) mass is 377 g/mol. The van der Waals surface area contributed by atoms with E-state index in [0.717, 1.165) is 11.0 Å². The lowest BCUT2D eigenvalue weighted by atomic mass is 10.0. The van der Waals surface area contributed by atoms with Gasteiger partial charge >= 0.3 is 11.1 Å². The number of para-hydroxylation sites is 2. The molecule has 0 radical (unpaired) electrons. The number of H-pyrrole nitrogens is 3. The number of aromatic nitrogens is 4. The summed E-state index contributed by atoms with van der Waals surface area (Å²) in [4.78, 5) is 48.6. The molecule has 2 aromatic heterocycles. The van der Waals surface area contributed by atoms with Crippen LogP contribution in [0.1, 0.15) is 36.1 Å². The van der Waals surface area contributed by atoms with E-state index in [-0.39, 0.29) is 17.9 Å². The maximum absolute atomic E-state index is 12.8. The first kappa shape index (κ1) is 17.7. The SMILES string of the molecule is CC(C)C(NC(=O)c1ccc2[nH]c(=O)c(=O)[nH]c2c1)c1nc2ccccc2[nH]1. The van der Waals surface area contributed by atoms with Crippen molar-refractivity contribution in [2.75, 3.05) is 0 Å². The summed E-state index contributed by atoms with van der Waals surface area (Å²) < 4.78 is 0. The fraction of sp³-hybridized carbons (Fsp3) is 0.200. The third-order valence-corrected chi connectivity index (χ3v) is 4.64. The molecule has 1 unspecified atom stereocenters. The van der Waals surface area contributed by atoms with Gasteiger partial charge in [-0.2, -0.15) is 0 Å². The summed E-state index contributed by atoms with van der Waals surface area (Å²) in [6.07, 6.45) is 0. The Bertz CT molecular complexity index is 1270. The predicted octanol–water partition coefficient (Wildman–Crippen LogP) is 2.22. The summed E-state index contributed by atoms with van der Waals surface area (Å²) in [7, 11) is 0. The van der Waals surface area contributed by atoms with Gasteiger partial charge in [-0.25, -0.2) is 4.98 Å². The van der Waals surface area contributed by atoms with Crippen molar-refractivity contribution in [3.8, 4) is 0 Å². The molecule has 2 aromatic carbocycles. The predicted molar refractivity (Wildman–Crippen MR) is 106 cm³/mol. The minimum Gasteiger partial charge on any atom is -0.342 e. The molecule has 0 fully saturated rings. The van der Waals surface area contributed by atoms with Crippen LogP contribution in [-0.4, -0.2) is 25.8 Å². The van der Waals surface area contributed by atoms with Crippen LogP contribution < -0.4 is 16.4 Å². The molecule has 0 aliphatic carbocycles. The van der Waals surface area contributed by atoms with Crippen LogP contribution in [0.3, 0.4) is 0 Å². The average Bonchev–Trinajstić information content (AvgIpc) is 3.10. The Morgan fingerprint density at radius 1 is 0.929 bits per heavy atom. The largest absolute Gasteiger partial charge is 0.342 e. The van der Waals surface area contributed by atoms with Gasteiger partial charge in [0.05, 0.1) is 28.1 Å². The van der Waals surface area contributed by atoms with Crippen molar-refractivity contribution in [1.29, 1.82) is 0 Å². The molecule has 0 bridgehead atoms. The zero-order valence-corrected chi connectivity index (χ0v) is 15.4. The molecule has 8 heteroatoms. The molecule has 1 atom stereocenters. The van der Waals surface area contributed by atoms with Gasteiger partial charge < -0.3 is 20.3 Å². The van der Waals surface area contributed by atoms with E-state index in [1.807, 2.05) is 38.1 Å². The van der Waals surface area contributed by atoms with Crippen molar-refractivity contribution < 1.29 is 4.79 Å². The Morgan fingerprint density at radius 3 is 2.36 bits per heavy atom. The summed E-state index contributed by atoms with van der Waals surface area (Å²) in [6.45, 7) is 4.00. The highest BCUT2D eigenvalue weighted by atomic mass is 16.2. The highest BCUT2D eigenvalue weighted by Crippen LogP contribution is 2.23. The third-order valence-electron chi connectivity index (χ3n) is 4.64. The molecule has 0 aliphatic rings. The van der Waals surface area contributed by atoms with Crippen molar-refractivity contribution in [2.45, 2.75) is 19.9 Å². The second kappa shape index (κ2) is 6.80. The summed E-state index contributed by atoms with van der Waals surface area (Å²) in [6, 6.07) is 12.1. The molecule has 0 saturated carbocycles. The Labute approximate surface area is 159 Å². The van der Waals surface area contributed by atoms with Crippen LogP contribution in [0.25, 0.3) is 22.1 Å². The van der Waals surface area contributed by atoms with Crippen LogP contribution in [0, 0.1) is 5.92 Å². The average molecular weight is 377 g/mol. The molecule has 0 aliphatic heterocycles. The number of imidazole rings is 1. The number of carbonyl (C=O) groups is 1. The van der Waals surface area contributed by atoms with Gasteiger partial charge in [0, 0.05) is 5.56 Å². The van der Waals surface area contributed by atoms with Crippen molar-refractivity contribution in [3.05, 3.63) is 74.6 Å². The lowest BCUT2D eigenvalue weighted by Crippen LogP contribution is -2.33. The minimum absolute atomic E-state index is 0.0983. The summed E-state index contributed by atoms with van der Waals surface area (Å²) in [5, 5.41) is 3.00. The molecule has 142 valence electrons. The molecule has 0 spiro atoms. The molecule has 0 saturated heterocycles. The van der Waals surface area contributed by atoms with Gasteiger partial charge in [-0.1, -0.05) is 26.0 Å². The van der Waals surface area contributed by atoms with Crippen molar-refractivity contribution in [2.24, 2.45) is 5.92 Å². The number of nitrogens with zero attached hydrogens (tertiary/aromatic N) is 1. The van der Waals surface area contributed by atoms with Crippen LogP contribution in [0.5, 0.6) is 0 Å². The second-order valence-electron chi connectivity index (χ2n) is 7.00. The normalized spacial score (nSPS) is 12.5. The van der Waals surface area contributed by atoms with Gasteiger partial charge in [-0.3, -0.25) is 14.4 Å². The van der Waals surface area contributed by atoms with Gasteiger partial charge in [-0.05, 0) is 36.2 Å². The zero-order chi connectivity index (χ0) is 19.8. The molecule has 4 rings (SSSR count). The topological polar surface area (TPSA) is 124 Å². The van der Waals surface area contributed by atoms with E-state index in [0.29, 0.717) is 22.4 Å². The van der Waals surface area contributed by atoms with Crippen LogP contribution >= 0.6 is 0 Å². The number of carbonyl (C=O) groups excluding carboxylic acids is 1. The molecule has 28 heavy (non-hydrogen) atoms. The Hall–Kier alpha value is -3.68. The van der Waals surface area contributed by atoms with Crippen LogP contribution in [0.15, 0.2) is 52.1 Å². The first-order valence-electron chi connectivity index (χ1n) is 8.94. The molecule has 1 amide bonds. The highest BCUT2D eigenvalue weighted by molar-refractivity contribution is 5.97. The van der Waals surface area contributed by atoms with Gasteiger partial charge in [0.1, 0.15) is 5.82 Å². The number of nitrogens with one attached hydrogen (secondary N) is 4. The number of rotatable bonds is 4. The van der Waals surface area contributed by atoms with E-state index in [1.54, 1.807) is 12.1 Å². The number of hydrogen-bond donors (Lipinski definition) is 4. The molecule has 4 aromatic rings. The first-order chi connectivity index (χ1) is 13.4. The Kier molecular flexibility index (Phi) is 4.31. The molecule has 4 N–H and O–H groups in total. The van der Waals surface area contributed by atoms with Crippen LogP contribution in [-0.2, 0) is 0 Å². The van der Waals surface area contributed by atoms with E-state index in [9.17, 15) is 14.4 Å². The van der Waals surface area contributed by atoms with Crippen molar-refractivity contribution in [3.63, 3.8) is 0 Å². The smallest absolute Gasteiger partial charge is 0.314 e. The fourth-order valence-corrected chi connectivity index (χ4v) is 3.15. The lowest BCUT2D eigenvalue weighted by Gasteiger charge is -2.20. The summed E-state index contributed by atoms with van der Waals surface area (Å²) in [5.41, 5.74) is 1.48. The summed E-state index contributed by atoms with van der Waals surface area (Å²) in [5.74, 6) is 0.484. The Morgan fingerprint density at radius 2 is 1.64 bits per heavy atom. The van der Waals surface area contributed by atoms with Gasteiger partial charge in [0.15, 0.2) is 0 Å². The fourth-order valence-electron chi connectivity index (χ4n) is 3.15. The molecular weight excluding hydrogens is 358 g/mol. The maximum Gasteiger partial charge on any atom is 0.314 e. The first-order valence-corrected chi connectivity index (χ1v) is 8.94. The van der Waals surface area contributed by atoms with Gasteiger partial charge in [0.25, 0.3) is 5.91 Å². The standard InChI is InChI=1S/C20H19N5O3/c1-10(2)16(17-21-12-5-3-4-6-13(12)22-17)25-18(26)11-7-8-14-15(9-11)24-20(28)19(27)23-14/h3-10,16H,1-2H3,(H,21,22)(H,23,27)(H,24,28)(H,25,26). The van der Waals surface area contributed by atoms with E-state index in [4.69, 9.17) is 0 Å². The quantitative estimate of drug-likeness (QED) is 0.407. The number of fused-ring (bicyclic) bond motifs is 2. The second-order valence-corrected chi connectivity index (χ2v) is 7.00. The maximum atomic E-state index is 12.8. The minimum atomic E-state index is -0.757. The summed E-state index contributed by atoms with van der Waals surface area (Å²) >= 11 is 0. The molecule has 8 nitrogen and oxygen atoms in total. The Balaban J connectivity index is 1.66. The van der Waals surface area contributed by atoms with Crippen LogP contribution in [0.2, 0.25) is 0 Å². The lowest BCUT2D eigenvalue weighted by molar-refractivity contribution is 0.0923. The van der Waals surface area contributed by atoms with E-state index in [1.165, 1.54) is 6.07 Å².